The van der Waals surface area contributed by atoms with Gasteiger partial charge < -0.3 is 19.4 Å². The van der Waals surface area contributed by atoms with Crippen molar-refractivity contribution in [3.8, 4) is 5.75 Å². The summed E-state index contributed by atoms with van der Waals surface area (Å²) in [7, 11) is 0. The number of hydrogen-bond donors (Lipinski definition) is 1. The molecule has 1 aliphatic rings. The van der Waals surface area contributed by atoms with Gasteiger partial charge in [-0.25, -0.2) is 4.98 Å². The third-order valence-electron chi connectivity index (χ3n) is 4.80. The molecule has 1 N–H and O–H groups in total. The molecule has 7 heteroatoms. The number of carbonyl (C=O) groups excluding carboxylic acids is 1. The average Bonchev–Trinajstić information content (AvgIpc) is 3.20. The molecule has 0 spiro atoms. The van der Waals surface area contributed by atoms with Gasteiger partial charge in [-0.15, -0.1) is 0 Å². The zero-order valence-corrected chi connectivity index (χ0v) is 15.2. The van der Waals surface area contributed by atoms with Gasteiger partial charge in [0, 0.05) is 48.8 Å². The molecule has 1 amide bonds. The molecule has 0 bridgehead atoms. The molecular formula is C20H22N4O3. The van der Waals surface area contributed by atoms with Crippen molar-refractivity contribution in [1.82, 2.24) is 20.2 Å². The number of nitrogens with zero attached hydrogens (tertiary/aromatic N) is 3. The van der Waals surface area contributed by atoms with E-state index in [1.54, 1.807) is 12.4 Å². The molecule has 0 unspecified atom stereocenters. The summed E-state index contributed by atoms with van der Waals surface area (Å²) in [4.78, 5) is 22.9. The summed E-state index contributed by atoms with van der Waals surface area (Å²) in [6, 6.07) is 8.03. The van der Waals surface area contributed by atoms with Crippen LogP contribution in [-0.4, -0.2) is 46.5 Å². The average molecular weight is 366 g/mol. The highest BCUT2D eigenvalue weighted by Crippen LogP contribution is 2.25. The molecule has 4 rings (SSSR count). The maximum absolute atomic E-state index is 12.7. The molecule has 1 saturated heterocycles. The van der Waals surface area contributed by atoms with E-state index >= 15 is 0 Å². The summed E-state index contributed by atoms with van der Waals surface area (Å²) in [5.74, 6) is 1.02. The van der Waals surface area contributed by atoms with E-state index in [2.05, 4.69) is 22.2 Å². The lowest BCUT2D eigenvalue weighted by Gasteiger charge is -2.32. The molecule has 1 aromatic carbocycles. The Bertz CT molecular complexity index is 934. The quantitative estimate of drug-likeness (QED) is 0.748. The maximum Gasteiger partial charge on any atom is 0.275 e. The van der Waals surface area contributed by atoms with Gasteiger partial charge in [0.1, 0.15) is 12.0 Å². The lowest BCUT2D eigenvalue weighted by atomic mass is 10.1. The van der Waals surface area contributed by atoms with Crippen LogP contribution >= 0.6 is 0 Å². The second-order valence-corrected chi connectivity index (χ2v) is 6.58. The standard InChI is InChI=1S/C20H22N4O3/c1-2-15-11-24(9-8-22-15)20(25)17-12-27-19(23-17)13-26-18-5-3-4-14-10-21-7-6-16(14)18/h3-7,10,12,15,22H,2,8-9,11,13H2,1H3/t15-/m1/s1. The highest BCUT2D eigenvalue weighted by atomic mass is 16.5. The third-order valence-corrected chi connectivity index (χ3v) is 4.80. The van der Waals surface area contributed by atoms with Gasteiger partial charge in [-0.1, -0.05) is 19.1 Å². The first kappa shape index (κ1) is 17.5. The minimum Gasteiger partial charge on any atom is -0.483 e. The molecule has 3 aromatic rings. The van der Waals surface area contributed by atoms with Gasteiger partial charge >= 0.3 is 0 Å². The number of hydrogen-bond acceptors (Lipinski definition) is 6. The Hall–Kier alpha value is -2.93. The molecule has 1 atom stereocenters. The van der Waals surface area contributed by atoms with Crippen LogP contribution in [0.15, 0.2) is 47.3 Å². The first-order chi connectivity index (χ1) is 13.2. The molecule has 140 valence electrons. The topological polar surface area (TPSA) is 80.5 Å². The van der Waals surface area contributed by atoms with Crippen LogP contribution < -0.4 is 10.1 Å². The lowest BCUT2D eigenvalue weighted by Crippen LogP contribution is -2.52. The number of ether oxygens (including phenoxy) is 1. The fraction of sp³-hybridized carbons (Fsp3) is 0.350. The molecule has 1 fully saturated rings. The van der Waals surface area contributed by atoms with Crippen LogP contribution in [-0.2, 0) is 6.61 Å². The van der Waals surface area contributed by atoms with Crippen molar-refractivity contribution in [3.05, 3.63) is 54.5 Å². The summed E-state index contributed by atoms with van der Waals surface area (Å²) in [6.45, 7) is 4.44. The number of benzene rings is 1. The van der Waals surface area contributed by atoms with E-state index < -0.39 is 0 Å². The van der Waals surface area contributed by atoms with E-state index in [0.29, 0.717) is 30.7 Å². The first-order valence-electron chi connectivity index (χ1n) is 9.17. The molecule has 27 heavy (non-hydrogen) atoms. The largest absolute Gasteiger partial charge is 0.483 e. The zero-order chi connectivity index (χ0) is 18.6. The summed E-state index contributed by atoms with van der Waals surface area (Å²) in [5.41, 5.74) is 0.326. The van der Waals surface area contributed by atoms with Gasteiger partial charge in [-0.2, -0.15) is 0 Å². The van der Waals surface area contributed by atoms with Crippen molar-refractivity contribution < 1.29 is 13.9 Å². The number of rotatable bonds is 5. The molecule has 1 aliphatic heterocycles. The van der Waals surface area contributed by atoms with Gasteiger partial charge in [0.2, 0.25) is 5.89 Å². The van der Waals surface area contributed by atoms with E-state index in [0.717, 1.165) is 29.5 Å². The zero-order valence-electron chi connectivity index (χ0n) is 15.2. The second-order valence-electron chi connectivity index (χ2n) is 6.58. The summed E-state index contributed by atoms with van der Waals surface area (Å²) in [5, 5.41) is 5.38. The minimum atomic E-state index is -0.0961. The Balaban J connectivity index is 1.43. The summed E-state index contributed by atoms with van der Waals surface area (Å²) < 4.78 is 11.3. The Morgan fingerprint density at radius 1 is 1.41 bits per heavy atom. The van der Waals surface area contributed by atoms with Crippen LogP contribution in [0.3, 0.4) is 0 Å². The van der Waals surface area contributed by atoms with E-state index in [4.69, 9.17) is 9.15 Å². The molecule has 3 heterocycles. The molecule has 0 saturated carbocycles. The van der Waals surface area contributed by atoms with E-state index in [9.17, 15) is 4.79 Å². The molecule has 2 aromatic heterocycles. The smallest absolute Gasteiger partial charge is 0.275 e. The molecule has 0 radical (unpaired) electrons. The van der Waals surface area contributed by atoms with Crippen LogP contribution in [0.2, 0.25) is 0 Å². The Morgan fingerprint density at radius 2 is 2.33 bits per heavy atom. The van der Waals surface area contributed by atoms with Crippen molar-refractivity contribution in [2.24, 2.45) is 0 Å². The molecule has 7 nitrogen and oxygen atoms in total. The van der Waals surface area contributed by atoms with Crippen LogP contribution in [0.4, 0.5) is 0 Å². The monoisotopic (exact) mass is 366 g/mol. The number of piperazine rings is 1. The van der Waals surface area contributed by atoms with Gasteiger partial charge in [0.25, 0.3) is 5.91 Å². The third kappa shape index (κ3) is 3.78. The van der Waals surface area contributed by atoms with E-state index in [-0.39, 0.29) is 12.5 Å². The first-order valence-corrected chi connectivity index (χ1v) is 9.17. The molecule has 0 aliphatic carbocycles. The minimum absolute atomic E-state index is 0.0961. The second kappa shape index (κ2) is 7.75. The van der Waals surface area contributed by atoms with Crippen molar-refractivity contribution in [3.63, 3.8) is 0 Å². The van der Waals surface area contributed by atoms with Crippen LogP contribution in [0, 0.1) is 0 Å². The molecular weight excluding hydrogens is 344 g/mol. The van der Waals surface area contributed by atoms with Crippen LogP contribution in [0.25, 0.3) is 10.8 Å². The van der Waals surface area contributed by atoms with Gasteiger partial charge in [0.05, 0.1) is 0 Å². The maximum atomic E-state index is 12.7. The highest BCUT2D eigenvalue weighted by Gasteiger charge is 2.25. The number of nitrogens with one attached hydrogen (secondary N) is 1. The van der Waals surface area contributed by atoms with Crippen molar-refractivity contribution in [1.29, 1.82) is 0 Å². The van der Waals surface area contributed by atoms with Gasteiger partial charge in [-0.3, -0.25) is 9.78 Å². The predicted molar refractivity (Wildman–Crippen MR) is 101 cm³/mol. The summed E-state index contributed by atoms with van der Waals surface area (Å²) >= 11 is 0. The predicted octanol–water partition coefficient (Wildman–Crippen LogP) is 2.63. The number of amides is 1. The van der Waals surface area contributed by atoms with Gasteiger partial charge in [-0.05, 0) is 18.6 Å². The fourth-order valence-electron chi connectivity index (χ4n) is 3.28. The Morgan fingerprint density at radius 3 is 3.22 bits per heavy atom. The lowest BCUT2D eigenvalue weighted by molar-refractivity contribution is 0.0695. The number of pyridine rings is 1. The van der Waals surface area contributed by atoms with Crippen molar-refractivity contribution in [2.45, 2.75) is 26.0 Å². The van der Waals surface area contributed by atoms with E-state index in [1.807, 2.05) is 29.2 Å². The van der Waals surface area contributed by atoms with Crippen LogP contribution in [0.5, 0.6) is 5.75 Å². The number of aromatic nitrogens is 2. The van der Waals surface area contributed by atoms with Crippen molar-refractivity contribution in [2.75, 3.05) is 19.6 Å². The summed E-state index contributed by atoms with van der Waals surface area (Å²) in [6.07, 6.45) is 5.93. The number of oxazole rings is 1. The normalized spacial score (nSPS) is 17.2. The fourth-order valence-corrected chi connectivity index (χ4v) is 3.28. The van der Waals surface area contributed by atoms with Crippen LogP contribution in [0.1, 0.15) is 29.7 Å². The van der Waals surface area contributed by atoms with Crippen molar-refractivity contribution >= 4 is 16.7 Å². The van der Waals surface area contributed by atoms with E-state index in [1.165, 1.54) is 6.26 Å². The van der Waals surface area contributed by atoms with Gasteiger partial charge in [0.15, 0.2) is 12.3 Å². The SMILES string of the molecule is CC[C@@H]1CN(C(=O)c2coc(COc3cccc4cnccc34)n2)CCN1. The Labute approximate surface area is 157 Å². The number of fused-ring (bicyclic) bond motifs is 1. The number of carbonyl (C=O) groups is 1. The Kier molecular flexibility index (Phi) is 5.02. The highest BCUT2D eigenvalue weighted by molar-refractivity contribution is 5.92.